The van der Waals surface area contributed by atoms with Crippen LogP contribution in [0.25, 0.3) is 0 Å². The van der Waals surface area contributed by atoms with Gasteiger partial charge in [-0.25, -0.2) is 0 Å². The third kappa shape index (κ3) is 4.57. The largest absolute Gasteiger partial charge is 0.373 e. The Morgan fingerprint density at radius 3 is 2.95 bits per heavy atom. The molecule has 3 nitrogen and oxygen atoms in total. The molecule has 0 aromatic heterocycles. The summed E-state index contributed by atoms with van der Waals surface area (Å²) in [4.78, 5) is 11.7. The Balaban J connectivity index is 1.31. The van der Waals surface area contributed by atoms with Crippen LogP contribution in [0.2, 0.25) is 0 Å². The van der Waals surface area contributed by atoms with Gasteiger partial charge in [-0.05, 0) is 49.1 Å². The fraction of sp³-hybridized carbons (Fsp3) is 0.632. The van der Waals surface area contributed by atoms with Crippen LogP contribution in [0.1, 0.15) is 62.2 Å². The third-order valence-electron chi connectivity index (χ3n) is 4.75. The molecule has 1 unspecified atom stereocenters. The molecular formula is C19H27NO2. The molecule has 2 aliphatic carbocycles. The van der Waals surface area contributed by atoms with E-state index >= 15 is 0 Å². The van der Waals surface area contributed by atoms with Crippen molar-refractivity contribution in [3.05, 3.63) is 35.4 Å². The highest BCUT2D eigenvalue weighted by atomic mass is 16.5. The van der Waals surface area contributed by atoms with Gasteiger partial charge in [-0.1, -0.05) is 37.1 Å². The number of carbonyl (C=O) groups excluding carboxylic acids is 1. The lowest BCUT2D eigenvalue weighted by atomic mass is 9.89. The normalized spacial score (nSPS) is 20.5. The first-order valence-corrected chi connectivity index (χ1v) is 8.79. The second-order valence-corrected chi connectivity index (χ2v) is 6.64. The van der Waals surface area contributed by atoms with Crippen LogP contribution in [0.15, 0.2) is 24.3 Å². The molecule has 1 amide bonds. The molecule has 0 radical (unpaired) electrons. The summed E-state index contributed by atoms with van der Waals surface area (Å²) >= 11 is 0. The smallest absolute Gasteiger partial charge is 0.220 e. The molecule has 3 rings (SSSR count). The molecule has 0 heterocycles. The lowest BCUT2D eigenvalue weighted by molar-refractivity contribution is -0.121. The zero-order valence-electron chi connectivity index (χ0n) is 13.4. The Hall–Kier alpha value is -1.35. The summed E-state index contributed by atoms with van der Waals surface area (Å²) in [5.41, 5.74) is 2.80. The van der Waals surface area contributed by atoms with Crippen LogP contribution in [0.5, 0.6) is 0 Å². The second-order valence-electron chi connectivity index (χ2n) is 6.64. The number of fused-ring (bicyclic) bond motifs is 1. The van der Waals surface area contributed by atoms with E-state index < -0.39 is 0 Å². The molecule has 120 valence electrons. The van der Waals surface area contributed by atoms with Gasteiger partial charge in [-0.3, -0.25) is 4.79 Å². The molecule has 0 saturated heterocycles. The highest BCUT2D eigenvalue weighted by Crippen LogP contribution is 2.33. The van der Waals surface area contributed by atoms with Crippen molar-refractivity contribution in [2.75, 3.05) is 13.2 Å². The number of ether oxygens (including phenoxy) is 1. The molecule has 1 aromatic rings. The monoisotopic (exact) mass is 301 g/mol. The number of amides is 1. The number of rotatable bonds is 8. The number of hydrogen-bond donors (Lipinski definition) is 1. The van der Waals surface area contributed by atoms with Crippen LogP contribution >= 0.6 is 0 Å². The van der Waals surface area contributed by atoms with Crippen LogP contribution in [-0.4, -0.2) is 19.1 Å². The standard InChI is InChI=1S/C19H27NO2/c21-19(12-11-15-9-10-15)20-13-4-14-22-18-8-3-6-16-5-1-2-7-17(16)18/h1-2,5,7,15,18H,3-4,6,8-14H2,(H,20,21). The Labute approximate surface area is 133 Å². The lowest BCUT2D eigenvalue weighted by Crippen LogP contribution is -2.25. The third-order valence-corrected chi connectivity index (χ3v) is 4.75. The molecular weight excluding hydrogens is 274 g/mol. The minimum absolute atomic E-state index is 0.204. The van der Waals surface area contributed by atoms with E-state index in [1.807, 2.05) is 0 Å². The molecule has 3 heteroatoms. The number of hydrogen-bond acceptors (Lipinski definition) is 2. The van der Waals surface area contributed by atoms with Gasteiger partial charge in [0.2, 0.25) is 5.91 Å². The fourth-order valence-electron chi connectivity index (χ4n) is 3.24. The van der Waals surface area contributed by atoms with Crippen LogP contribution in [0, 0.1) is 5.92 Å². The molecule has 1 fully saturated rings. The van der Waals surface area contributed by atoms with E-state index in [1.165, 1.54) is 36.8 Å². The number of nitrogens with one attached hydrogen (secondary N) is 1. The van der Waals surface area contributed by atoms with E-state index in [1.54, 1.807) is 0 Å². The summed E-state index contributed by atoms with van der Waals surface area (Å²) in [6, 6.07) is 8.61. The van der Waals surface area contributed by atoms with Gasteiger partial charge in [0, 0.05) is 19.6 Å². The summed E-state index contributed by atoms with van der Waals surface area (Å²) in [7, 11) is 0. The minimum Gasteiger partial charge on any atom is -0.373 e. The molecule has 22 heavy (non-hydrogen) atoms. The number of benzene rings is 1. The van der Waals surface area contributed by atoms with Gasteiger partial charge in [0.1, 0.15) is 0 Å². The number of carbonyl (C=O) groups is 1. The maximum Gasteiger partial charge on any atom is 0.220 e. The van der Waals surface area contributed by atoms with E-state index in [0.29, 0.717) is 6.42 Å². The van der Waals surface area contributed by atoms with Crippen molar-refractivity contribution in [1.82, 2.24) is 5.32 Å². The lowest BCUT2D eigenvalue weighted by Gasteiger charge is -2.25. The summed E-state index contributed by atoms with van der Waals surface area (Å²) in [5.74, 6) is 1.04. The molecule has 1 saturated carbocycles. The predicted molar refractivity (Wildman–Crippen MR) is 87.7 cm³/mol. The predicted octanol–water partition coefficient (Wildman–Crippen LogP) is 3.78. The van der Waals surface area contributed by atoms with Crippen molar-refractivity contribution in [2.24, 2.45) is 5.92 Å². The van der Waals surface area contributed by atoms with Gasteiger partial charge < -0.3 is 10.1 Å². The molecule has 1 atom stereocenters. The van der Waals surface area contributed by atoms with Crippen molar-refractivity contribution in [1.29, 1.82) is 0 Å². The van der Waals surface area contributed by atoms with Crippen LogP contribution < -0.4 is 5.32 Å². The van der Waals surface area contributed by atoms with Crippen molar-refractivity contribution in [3.63, 3.8) is 0 Å². The van der Waals surface area contributed by atoms with E-state index in [9.17, 15) is 4.79 Å². The average molecular weight is 301 g/mol. The van der Waals surface area contributed by atoms with Gasteiger partial charge in [0.25, 0.3) is 0 Å². The van der Waals surface area contributed by atoms with Crippen LogP contribution in [0.3, 0.4) is 0 Å². The van der Waals surface area contributed by atoms with Crippen molar-refractivity contribution in [3.8, 4) is 0 Å². The van der Waals surface area contributed by atoms with Crippen molar-refractivity contribution < 1.29 is 9.53 Å². The van der Waals surface area contributed by atoms with E-state index in [4.69, 9.17) is 4.74 Å². The molecule has 0 aliphatic heterocycles. The molecule has 1 N–H and O–H groups in total. The zero-order chi connectivity index (χ0) is 15.2. The summed E-state index contributed by atoms with van der Waals surface area (Å²) in [6.45, 7) is 1.46. The fourth-order valence-corrected chi connectivity index (χ4v) is 3.24. The Morgan fingerprint density at radius 1 is 1.23 bits per heavy atom. The molecule has 1 aromatic carbocycles. The Kier molecular flexibility index (Phi) is 5.49. The van der Waals surface area contributed by atoms with Crippen LogP contribution in [-0.2, 0) is 16.0 Å². The SMILES string of the molecule is O=C(CCC1CC1)NCCCOC1CCCc2ccccc21. The zero-order valence-corrected chi connectivity index (χ0v) is 13.4. The topological polar surface area (TPSA) is 38.3 Å². The first-order valence-electron chi connectivity index (χ1n) is 8.79. The first-order chi connectivity index (χ1) is 10.8. The molecule has 0 bridgehead atoms. The second kappa shape index (κ2) is 7.77. The Morgan fingerprint density at radius 2 is 2.09 bits per heavy atom. The highest BCUT2D eigenvalue weighted by molar-refractivity contribution is 5.75. The minimum atomic E-state index is 0.204. The van der Waals surface area contributed by atoms with Gasteiger partial charge in [0.15, 0.2) is 0 Å². The van der Waals surface area contributed by atoms with E-state index in [-0.39, 0.29) is 12.0 Å². The van der Waals surface area contributed by atoms with Gasteiger partial charge in [-0.2, -0.15) is 0 Å². The van der Waals surface area contributed by atoms with E-state index in [2.05, 4.69) is 29.6 Å². The van der Waals surface area contributed by atoms with Gasteiger partial charge in [0.05, 0.1) is 6.10 Å². The Bertz CT molecular complexity index is 496. The first kappa shape index (κ1) is 15.5. The maximum absolute atomic E-state index is 11.7. The van der Waals surface area contributed by atoms with Gasteiger partial charge in [-0.15, -0.1) is 0 Å². The number of aryl methyl sites for hydroxylation is 1. The quantitative estimate of drug-likeness (QED) is 0.742. The highest BCUT2D eigenvalue weighted by Gasteiger charge is 2.22. The molecule has 0 spiro atoms. The van der Waals surface area contributed by atoms with E-state index in [0.717, 1.165) is 38.3 Å². The average Bonchev–Trinajstić information content (AvgIpc) is 3.37. The van der Waals surface area contributed by atoms with Crippen molar-refractivity contribution in [2.45, 2.75) is 57.5 Å². The summed E-state index contributed by atoms with van der Waals surface area (Å²) in [6.07, 6.45) is 9.05. The van der Waals surface area contributed by atoms with Crippen LogP contribution in [0.4, 0.5) is 0 Å². The van der Waals surface area contributed by atoms with Crippen molar-refractivity contribution >= 4 is 5.91 Å². The van der Waals surface area contributed by atoms with Gasteiger partial charge >= 0.3 is 0 Å². The molecule has 2 aliphatic rings. The maximum atomic E-state index is 11.7. The summed E-state index contributed by atoms with van der Waals surface area (Å²) in [5, 5.41) is 3.00. The summed E-state index contributed by atoms with van der Waals surface area (Å²) < 4.78 is 6.05.